The normalized spacial score (nSPS) is 13.8. The molecule has 19 heavy (non-hydrogen) atoms. The summed E-state index contributed by atoms with van der Waals surface area (Å²) in [6.45, 7) is 13.1. The smallest absolute Gasteiger partial charge is 0.00446 e. The average Bonchev–Trinajstić information content (AvgIpc) is 2.44. The molecule has 1 aromatic rings. The maximum Gasteiger partial charge on any atom is 0.00446 e. The first-order valence-corrected chi connectivity index (χ1v) is 7.46. The van der Waals surface area contributed by atoms with Crippen LogP contribution in [0.5, 0.6) is 0 Å². The molecule has 0 radical (unpaired) electrons. The molecule has 0 saturated heterocycles. The van der Waals surface area contributed by atoms with Crippen molar-refractivity contribution in [3.8, 4) is 0 Å². The van der Waals surface area contributed by atoms with Crippen LogP contribution in [-0.4, -0.2) is 31.1 Å². The Morgan fingerprint density at radius 3 is 2.37 bits per heavy atom. The number of rotatable bonds is 8. The lowest BCUT2D eigenvalue weighted by molar-refractivity contribution is 0.185. The summed E-state index contributed by atoms with van der Waals surface area (Å²) in [6.07, 6.45) is 1.21. The number of nitrogens with two attached hydrogens (primary N) is 1. The van der Waals surface area contributed by atoms with E-state index in [0.717, 1.165) is 26.2 Å². The highest BCUT2D eigenvalue weighted by atomic mass is 15.1. The number of hydrogen-bond donors (Lipinski definition) is 1. The Bertz CT molecular complexity index is 346. The molecule has 1 unspecified atom stereocenters. The Labute approximate surface area is 119 Å². The van der Waals surface area contributed by atoms with Crippen LogP contribution in [0.3, 0.4) is 0 Å². The van der Waals surface area contributed by atoms with Gasteiger partial charge in [-0.25, -0.2) is 0 Å². The van der Waals surface area contributed by atoms with Gasteiger partial charge in [0.25, 0.3) is 0 Å². The summed E-state index contributed by atoms with van der Waals surface area (Å²) < 4.78 is 0. The highest BCUT2D eigenvalue weighted by molar-refractivity contribution is 5.18. The molecule has 108 valence electrons. The molecule has 0 amide bonds. The molecule has 0 aliphatic rings. The minimum absolute atomic E-state index is 0.214. The summed E-state index contributed by atoms with van der Waals surface area (Å²) in [5, 5.41) is 0. The van der Waals surface area contributed by atoms with E-state index in [0.29, 0.717) is 5.92 Å². The molecule has 2 nitrogen and oxygen atoms in total. The zero-order valence-electron chi connectivity index (χ0n) is 13.0. The fourth-order valence-corrected chi connectivity index (χ4v) is 2.34. The maximum absolute atomic E-state index is 5.83. The molecule has 0 spiro atoms. The average molecular weight is 262 g/mol. The van der Waals surface area contributed by atoms with Crippen molar-refractivity contribution in [2.24, 2.45) is 11.1 Å². The van der Waals surface area contributed by atoms with E-state index in [1.54, 1.807) is 0 Å². The van der Waals surface area contributed by atoms with Crippen LogP contribution in [0.2, 0.25) is 0 Å². The standard InChI is InChI=1S/C17H30N2/c1-5-19(14-17(3,4)13-18)12-11-15(2)16-9-7-6-8-10-16/h6-10,15H,5,11-14,18H2,1-4H3. The largest absolute Gasteiger partial charge is 0.330 e. The van der Waals surface area contributed by atoms with Crippen LogP contribution >= 0.6 is 0 Å². The van der Waals surface area contributed by atoms with Crippen molar-refractivity contribution in [3.05, 3.63) is 35.9 Å². The SMILES string of the molecule is CCN(CCC(C)c1ccccc1)CC(C)(C)CN. The summed E-state index contributed by atoms with van der Waals surface area (Å²) in [7, 11) is 0. The predicted octanol–water partition coefficient (Wildman–Crippen LogP) is 3.49. The van der Waals surface area contributed by atoms with Crippen LogP contribution < -0.4 is 5.73 Å². The molecule has 2 N–H and O–H groups in total. The van der Waals surface area contributed by atoms with Gasteiger partial charge in [0.15, 0.2) is 0 Å². The van der Waals surface area contributed by atoms with Crippen molar-refractivity contribution < 1.29 is 0 Å². The Hall–Kier alpha value is -0.860. The zero-order chi connectivity index (χ0) is 14.3. The van der Waals surface area contributed by atoms with Crippen LogP contribution in [0.15, 0.2) is 30.3 Å². The van der Waals surface area contributed by atoms with Gasteiger partial charge in [-0.2, -0.15) is 0 Å². The van der Waals surface area contributed by atoms with Crippen molar-refractivity contribution in [3.63, 3.8) is 0 Å². The van der Waals surface area contributed by atoms with Crippen LogP contribution in [0.1, 0.15) is 45.6 Å². The predicted molar refractivity (Wildman–Crippen MR) is 84.4 cm³/mol. The topological polar surface area (TPSA) is 29.3 Å². The van der Waals surface area contributed by atoms with Gasteiger partial charge in [0.1, 0.15) is 0 Å². The third-order valence-corrected chi connectivity index (χ3v) is 3.90. The zero-order valence-corrected chi connectivity index (χ0v) is 13.0. The van der Waals surface area contributed by atoms with Crippen molar-refractivity contribution in [2.45, 2.75) is 40.0 Å². The molecule has 0 fully saturated rings. The Kier molecular flexibility index (Phi) is 6.53. The minimum atomic E-state index is 0.214. The molecule has 0 aliphatic heterocycles. The van der Waals surface area contributed by atoms with Crippen LogP contribution in [0, 0.1) is 5.41 Å². The molecule has 1 rings (SSSR count). The van der Waals surface area contributed by atoms with E-state index < -0.39 is 0 Å². The lowest BCUT2D eigenvalue weighted by atomic mass is 9.92. The Morgan fingerprint density at radius 2 is 1.84 bits per heavy atom. The van der Waals surface area contributed by atoms with Gasteiger partial charge in [-0.1, -0.05) is 58.0 Å². The van der Waals surface area contributed by atoms with Crippen LogP contribution in [-0.2, 0) is 0 Å². The van der Waals surface area contributed by atoms with Crippen molar-refractivity contribution in [2.75, 3.05) is 26.2 Å². The fraction of sp³-hybridized carbons (Fsp3) is 0.647. The molecule has 1 atom stereocenters. The summed E-state index contributed by atoms with van der Waals surface area (Å²) in [5.74, 6) is 0.622. The first-order valence-electron chi connectivity index (χ1n) is 7.46. The monoisotopic (exact) mass is 262 g/mol. The third-order valence-electron chi connectivity index (χ3n) is 3.90. The van der Waals surface area contributed by atoms with Gasteiger partial charge < -0.3 is 10.6 Å². The van der Waals surface area contributed by atoms with E-state index >= 15 is 0 Å². The molecular weight excluding hydrogens is 232 g/mol. The van der Waals surface area contributed by atoms with E-state index in [1.165, 1.54) is 12.0 Å². The molecule has 0 saturated carbocycles. The van der Waals surface area contributed by atoms with Crippen LogP contribution in [0.25, 0.3) is 0 Å². The van der Waals surface area contributed by atoms with E-state index in [1.807, 2.05) is 0 Å². The van der Waals surface area contributed by atoms with Crippen molar-refractivity contribution >= 4 is 0 Å². The number of benzene rings is 1. The molecule has 2 heteroatoms. The van der Waals surface area contributed by atoms with Gasteiger partial charge in [0.05, 0.1) is 0 Å². The van der Waals surface area contributed by atoms with Crippen molar-refractivity contribution in [1.82, 2.24) is 4.90 Å². The second kappa shape index (κ2) is 7.66. The summed E-state index contributed by atoms with van der Waals surface area (Å²) >= 11 is 0. The second-order valence-corrected chi connectivity index (χ2v) is 6.34. The van der Waals surface area contributed by atoms with E-state index in [4.69, 9.17) is 5.73 Å². The molecule has 0 aromatic heterocycles. The number of hydrogen-bond acceptors (Lipinski definition) is 2. The first kappa shape index (κ1) is 16.2. The summed E-state index contributed by atoms with van der Waals surface area (Å²) in [4.78, 5) is 2.52. The number of nitrogens with zero attached hydrogens (tertiary/aromatic N) is 1. The van der Waals surface area contributed by atoms with Gasteiger partial charge in [-0.3, -0.25) is 0 Å². The van der Waals surface area contributed by atoms with Gasteiger partial charge in [0.2, 0.25) is 0 Å². The lowest BCUT2D eigenvalue weighted by Gasteiger charge is -2.31. The van der Waals surface area contributed by atoms with Gasteiger partial charge in [0, 0.05) is 6.54 Å². The van der Waals surface area contributed by atoms with Crippen LogP contribution in [0.4, 0.5) is 0 Å². The highest BCUT2D eigenvalue weighted by Gasteiger charge is 2.19. The Morgan fingerprint density at radius 1 is 1.21 bits per heavy atom. The molecule has 0 aliphatic carbocycles. The van der Waals surface area contributed by atoms with Gasteiger partial charge >= 0.3 is 0 Å². The third kappa shape index (κ3) is 5.75. The minimum Gasteiger partial charge on any atom is -0.330 e. The lowest BCUT2D eigenvalue weighted by Crippen LogP contribution is -2.39. The quantitative estimate of drug-likeness (QED) is 0.777. The van der Waals surface area contributed by atoms with E-state index in [-0.39, 0.29) is 5.41 Å². The van der Waals surface area contributed by atoms with E-state index in [2.05, 4.69) is 62.9 Å². The molecular formula is C17H30N2. The molecule has 0 bridgehead atoms. The summed E-state index contributed by atoms with van der Waals surface area (Å²) in [5.41, 5.74) is 7.49. The summed E-state index contributed by atoms with van der Waals surface area (Å²) in [6, 6.07) is 10.8. The first-order chi connectivity index (χ1) is 8.98. The molecule has 0 heterocycles. The Balaban J connectivity index is 2.45. The highest BCUT2D eigenvalue weighted by Crippen LogP contribution is 2.20. The van der Waals surface area contributed by atoms with Gasteiger partial charge in [-0.15, -0.1) is 0 Å². The van der Waals surface area contributed by atoms with E-state index in [9.17, 15) is 0 Å². The van der Waals surface area contributed by atoms with Crippen molar-refractivity contribution in [1.29, 1.82) is 0 Å². The molecule has 1 aromatic carbocycles. The maximum atomic E-state index is 5.83. The fourth-order valence-electron chi connectivity index (χ4n) is 2.34. The van der Waals surface area contributed by atoms with Gasteiger partial charge in [-0.05, 0) is 43.0 Å². The second-order valence-electron chi connectivity index (χ2n) is 6.34.